The minimum absolute atomic E-state index is 0.0519. The van der Waals surface area contributed by atoms with Gasteiger partial charge in [0.05, 0.1) is 23.1 Å². The molecular weight excluding hydrogens is 424 g/mol. The highest BCUT2D eigenvalue weighted by Gasteiger charge is 2.25. The number of aliphatic carboxylic acids is 1. The van der Waals surface area contributed by atoms with Gasteiger partial charge in [0.1, 0.15) is 23.5 Å². The highest BCUT2D eigenvalue weighted by Crippen LogP contribution is 2.22. The van der Waals surface area contributed by atoms with E-state index in [2.05, 4.69) is 35.7 Å². The molecule has 5 rings (SSSR count). The number of aromatic nitrogens is 3. The van der Waals surface area contributed by atoms with Crippen molar-refractivity contribution in [2.24, 2.45) is 5.10 Å². The summed E-state index contributed by atoms with van der Waals surface area (Å²) in [5.41, 5.74) is 5.32. The molecule has 1 aromatic carbocycles. The Bertz CT molecular complexity index is 1160. The number of para-hydroxylation sites is 2. The molecule has 0 radical (unpaired) electrons. The number of anilines is 1. The molecular formula is C22H24N8O3. The molecule has 33 heavy (non-hydrogen) atoms. The van der Waals surface area contributed by atoms with Crippen LogP contribution in [0.2, 0.25) is 0 Å². The number of carbonyl (C=O) groups is 2. The monoisotopic (exact) mass is 448 g/mol. The van der Waals surface area contributed by atoms with Crippen molar-refractivity contribution in [1.29, 1.82) is 0 Å². The Kier molecular flexibility index (Phi) is 5.61. The van der Waals surface area contributed by atoms with Gasteiger partial charge in [-0.05, 0) is 24.3 Å². The van der Waals surface area contributed by atoms with Crippen LogP contribution in [0.25, 0.3) is 11.0 Å². The molecule has 1 atom stereocenters. The van der Waals surface area contributed by atoms with Crippen LogP contribution in [0, 0.1) is 0 Å². The van der Waals surface area contributed by atoms with Gasteiger partial charge >= 0.3 is 5.97 Å². The zero-order valence-electron chi connectivity index (χ0n) is 17.9. The van der Waals surface area contributed by atoms with E-state index in [4.69, 9.17) is 5.11 Å². The molecule has 1 saturated heterocycles. The summed E-state index contributed by atoms with van der Waals surface area (Å²) in [6.07, 6.45) is 2.06. The molecule has 11 heteroatoms. The maximum atomic E-state index is 12.7. The van der Waals surface area contributed by atoms with Crippen LogP contribution in [-0.4, -0.2) is 75.4 Å². The summed E-state index contributed by atoms with van der Waals surface area (Å²) in [7, 11) is 0. The number of aromatic amines is 1. The Balaban J connectivity index is 1.15. The fourth-order valence-corrected chi connectivity index (χ4v) is 4.05. The fourth-order valence-electron chi connectivity index (χ4n) is 4.05. The van der Waals surface area contributed by atoms with E-state index in [1.165, 1.54) is 0 Å². The largest absolute Gasteiger partial charge is 0.480 e. The molecule has 4 heterocycles. The lowest BCUT2D eigenvalue weighted by molar-refractivity contribution is -0.138. The molecule has 0 bridgehead atoms. The first-order chi connectivity index (χ1) is 16.0. The molecule has 1 fully saturated rings. The maximum Gasteiger partial charge on any atom is 0.317 e. The predicted octanol–water partition coefficient (Wildman–Crippen LogP) is 0.942. The molecule has 2 aliphatic rings. The van der Waals surface area contributed by atoms with Crippen molar-refractivity contribution >= 4 is 34.6 Å². The quantitative estimate of drug-likeness (QED) is 0.452. The minimum Gasteiger partial charge on any atom is -0.480 e. The first kappa shape index (κ1) is 20.9. The molecule has 2 aliphatic heterocycles. The third kappa shape index (κ3) is 4.62. The Labute approximate surface area is 189 Å². The lowest BCUT2D eigenvalue weighted by atomic mass is 10.2. The van der Waals surface area contributed by atoms with Crippen molar-refractivity contribution < 1.29 is 14.7 Å². The van der Waals surface area contributed by atoms with Crippen molar-refractivity contribution in [2.75, 3.05) is 37.6 Å². The Morgan fingerprint density at radius 1 is 1.12 bits per heavy atom. The maximum absolute atomic E-state index is 12.7. The van der Waals surface area contributed by atoms with E-state index in [0.29, 0.717) is 44.0 Å². The number of nitrogens with one attached hydrogen (secondary N) is 3. The van der Waals surface area contributed by atoms with E-state index in [9.17, 15) is 9.59 Å². The minimum atomic E-state index is -0.817. The molecule has 0 saturated carbocycles. The number of carboxylic acids is 1. The number of amidine groups is 1. The average Bonchev–Trinajstić information content (AvgIpc) is 3.46. The molecule has 11 nitrogen and oxygen atoms in total. The summed E-state index contributed by atoms with van der Waals surface area (Å²) in [6.45, 7) is 2.76. The van der Waals surface area contributed by atoms with Gasteiger partial charge in [0, 0.05) is 38.8 Å². The van der Waals surface area contributed by atoms with Crippen LogP contribution in [0.1, 0.15) is 28.6 Å². The lowest BCUT2D eigenvalue weighted by Gasteiger charge is -2.34. The molecule has 3 aromatic rings. The zero-order chi connectivity index (χ0) is 22.8. The Hall–Kier alpha value is -3.99. The number of carbonyl (C=O) groups excluding carboxylic acids is 1. The van der Waals surface area contributed by atoms with E-state index in [1.807, 2.05) is 35.2 Å². The number of carboxylic acid groups (broad SMARTS) is 1. The molecule has 1 unspecified atom stereocenters. The third-order valence-corrected chi connectivity index (χ3v) is 5.81. The summed E-state index contributed by atoms with van der Waals surface area (Å²) >= 11 is 0. The molecule has 170 valence electrons. The number of hydrazone groups is 1. The highest BCUT2D eigenvalue weighted by molar-refractivity contribution is 6.06. The van der Waals surface area contributed by atoms with Crippen LogP contribution in [-0.2, 0) is 4.79 Å². The number of benzene rings is 1. The average molecular weight is 448 g/mol. The van der Waals surface area contributed by atoms with Gasteiger partial charge in [0.25, 0.3) is 5.91 Å². The molecule has 4 N–H and O–H groups in total. The van der Waals surface area contributed by atoms with Gasteiger partial charge in [-0.1, -0.05) is 12.1 Å². The summed E-state index contributed by atoms with van der Waals surface area (Å²) in [4.78, 5) is 39.8. The van der Waals surface area contributed by atoms with Crippen LogP contribution in [0.15, 0.2) is 47.7 Å². The normalized spacial score (nSPS) is 18.7. The van der Waals surface area contributed by atoms with E-state index in [1.54, 1.807) is 12.3 Å². The number of pyridine rings is 1. The number of H-pyrrole nitrogens is 1. The van der Waals surface area contributed by atoms with E-state index in [0.717, 1.165) is 22.7 Å². The third-order valence-electron chi connectivity index (χ3n) is 5.81. The summed E-state index contributed by atoms with van der Waals surface area (Å²) in [5.74, 6) is 1.00. The highest BCUT2D eigenvalue weighted by atomic mass is 16.4. The van der Waals surface area contributed by atoms with Crippen molar-refractivity contribution in [3.63, 3.8) is 0 Å². The summed E-state index contributed by atoms with van der Waals surface area (Å²) in [6, 6.07) is 11.2. The van der Waals surface area contributed by atoms with E-state index < -0.39 is 5.97 Å². The predicted molar refractivity (Wildman–Crippen MR) is 122 cm³/mol. The molecule has 2 aromatic heterocycles. The van der Waals surface area contributed by atoms with Crippen LogP contribution in [0.4, 0.5) is 5.82 Å². The zero-order valence-corrected chi connectivity index (χ0v) is 17.9. The van der Waals surface area contributed by atoms with Gasteiger partial charge in [-0.3, -0.25) is 19.9 Å². The number of hydrogen-bond donors (Lipinski definition) is 4. The van der Waals surface area contributed by atoms with Gasteiger partial charge in [-0.2, -0.15) is 5.10 Å². The van der Waals surface area contributed by atoms with Crippen molar-refractivity contribution in [2.45, 2.75) is 12.5 Å². The van der Waals surface area contributed by atoms with Gasteiger partial charge in [0.15, 0.2) is 0 Å². The number of hydrogen-bond acceptors (Lipinski definition) is 8. The SMILES string of the molecule is O=C(O)CN1CCN(c2ccc(C(=O)NC3=NNC(c4nc5ccccc5[nH]4)C3)cn2)CC1. The van der Waals surface area contributed by atoms with Gasteiger partial charge < -0.3 is 20.3 Å². The number of fused-ring (bicyclic) bond motifs is 1. The number of amides is 1. The first-order valence-electron chi connectivity index (χ1n) is 10.8. The van der Waals surface area contributed by atoms with Gasteiger partial charge in [-0.15, -0.1) is 0 Å². The van der Waals surface area contributed by atoms with Gasteiger partial charge in [-0.25, -0.2) is 9.97 Å². The fraction of sp³-hybridized carbons (Fsp3) is 0.318. The molecule has 0 aliphatic carbocycles. The second kappa shape index (κ2) is 8.87. The van der Waals surface area contributed by atoms with Crippen LogP contribution >= 0.6 is 0 Å². The van der Waals surface area contributed by atoms with Crippen LogP contribution in [0.3, 0.4) is 0 Å². The number of rotatable bonds is 5. The van der Waals surface area contributed by atoms with E-state index >= 15 is 0 Å². The topological polar surface area (TPSA) is 139 Å². The Morgan fingerprint density at radius 3 is 2.67 bits per heavy atom. The smallest absolute Gasteiger partial charge is 0.317 e. The van der Waals surface area contributed by atoms with Gasteiger partial charge in [0.2, 0.25) is 0 Å². The van der Waals surface area contributed by atoms with E-state index in [-0.39, 0.29) is 18.5 Å². The second-order valence-electron chi connectivity index (χ2n) is 8.10. The number of nitrogens with zero attached hydrogens (tertiary/aromatic N) is 5. The molecule has 0 spiro atoms. The summed E-state index contributed by atoms with van der Waals surface area (Å²) in [5, 5.41) is 16.0. The van der Waals surface area contributed by atoms with Crippen molar-refractivity contribution in [3.8, 4) is 0 Å². The Morgan fingerprint density at radius 2 is 1.94 bits per heavy atom. The lowest BCUT2D eigenvalue weighted by Crippen LogP contribution is -2.48. The van der Waals surface area contributed by atoms with Crippen molar-refractivity contribution in [1.82, 2.24) is 30.6 Å². The standard InChI is InChI=1S/C22H24N8O3/c31-20(32)13-29-7-9-30(10-8-29)19-6-5-14(12-23-19)22(33)26-18-11-17(27-28-18)21-24-15-3-1-2-4-16(15)25-21/h1-6,12,17,27H,7-11,13H2,(H,24,25)(H,31,32)(H,26,28,33). The number of imidazole rings is 1. The summed E-state index contributed by atoms with van der Waals surface area (Å²) < 4.78 is 0. The number of piperazine rings is 1. The second-order valence-corrected chi connectivity index (χ2v) is 8.10. The van der Waals surface area contributed by atoms with Crippen LogP contribution < -0.4 is 15.6 Å². The molecule has 1 amide bonds. The first-order valence-corrected chi connectivity index (χ1v) is 10.8. The van der Waals surface area contributed by atoms with Crippen molar-refractivity contribution in [3.05, 3.63) is 54.0 Å². The van der Waals surface area contributed by atoms with Crippen LogP contribution in [0.5, 0.6) is 0 Å².